The minimum absolute atomic E-state index is 0.0498. The largest absolute Gasteiger partial charge is 0.326 e. The first-order chi connectivity index (χ1) is 5.15. The van der Waals surface area contributed by atoms with E-state index in [2.05, 4.69) is 27.8 Å². The van der Waals surface area contributed by atoms with E-state index >= 15 is 0 Å². The van der Waals surface area contributed by atoms with E-state index < -0.39 is 0 Å². The fourth-order valence-electron chi connectivity index (χ4n) is 0.904. The Morgan fingerprint density at radius 1 is 1.82 bits per heavy atom. The van der Waals surface area contributed by atoms with Gasteiger partial charge in [0.1, 0.15) is 4.60 Å². The van der Waals surface area contributed by atoms with Gasteiger partial charge < -0.3 is 4.98 Å². The molecule has 1 N–H and O–H groups in total. The summed E-state index contributed by atoms with van der Waals surface area (Å²) in [5, 5.41) is 0. The van der Waals surface area contributed by atoms with E-state index in [9.17, 15) is 4.79 Å². The number of imidazole rings is 1. The summed E-state index contributed by atoms with van der Waals surface area (Å²) in [4.78, 5) is 13.8. The third kappa shape index (κ3) is 1.74. The van der Waals surface area contributed by atoms with Crippen molar-refractivity contribution < 1.29 is 0 Å². The highest BCUT2D eigenvalue weighted by atomic mass is 79.9. The molecule has 1 aromatic heterocycles. The molecule has 1 unspecified atom stereocenters. The molecule has 3 nitrogen and oxygen atoms in total. The van der Waals surface area contributed by atoms with E-state index in [0.717, 1.165) is 11.0 Å². The van der Waals surface area contributed by atoms with Crippen LogP contribution in [-0.4, -0.2) is 9.55 Å². The van der Waals surface area contributed by atoms with E-state index in [1.54, 1.807) is 10.8 Å². The molecule has 0 amide bonds. The van der Waals surface area contributed by atoms with E-state index in [1.165, 1.54) is 0 Å². The summed E-state index contributed by atoms with van der Waals surface area (Å²) in [6, 6.07) is 0.269. The molecule has 0 bridgehead atoms. The second-order valence-electron chi connectivity index (χ2n) is 2.57. The van der Waals surface area contributed by atoms with Crippen molar-refractivity contribution >= 4 is 15.9 Å². The standard InChI is InChI=1S/C7H11BrN2O/c1-3-5(2)10-4-6(8)9-7(10)11/h4-5H,3H2,1-2H3,(H,9,11). The SMILES string of the molecule is CCC(C)n1cc(Br)[nH]c1=O. The maximum atomic E-state index is 11.1. The summed E-state index contributed by atoms with van der Waals surface area (Å²) in [6.07, 6.45) is 2.74. The Morgan fingerprint density at radius 2 is 2.45 bits per heavy atom. The van der Waals surface area contributed by atoms with E-state index in [-0.39, 0.29) is 11.7 Å². The topological polar surface area (TPSA) is 37.8 Å². The van der Waals surface area contributed by atoms with Gasteiger partial charge in [0.05, 0.1) is 0 Å². The Hall–Kier alpha value is -0.510. The van der Waals surface area contributed by atoms with Crippen molar-refractivity contribution in [2.75, 3.05) is 0 Å². The predicted octanol–water partition coefficient (Wildman–Crippen LogP) is 1.91. The van der Waals surface area contributed by atoms with Crippen molar-refractivity contribution in [3.05, 3.63) is 21.3 Å². The first-order valence-corrected chi connectivity index (χ1v) is 4.41. The number of rotatable bonds is 2. The lowest BCUT2D eigenvalue weighted by atomic mass is 10.3. The molecule has 0 saturated heterocycles. The molecule has 1 atom stereocenters. The smallest absolute Gasteiger partial charge is 0.300 e. The molecule has 0 saturated carbocycles. The van der Waals surface area contributed by atoms with Gasteiger partial charge in [0.15, 0.2) is 0 Å². The van der Waals surface area contributed by atoms with Gasteiger partial charge in [-0.1, -0.05) is 6.92 Å². The van der Waals surface area contributed by atoms with Crippen molar-refractivity contribution in [3.8, 4) is 0 Å². The zero-order valence-corrected chi connectivity index (χ0v) is 8.18. The van der Waals surface area contributed by atoms with Crippen LogP contribution in [0.15, 0.2) is 15.6 Å². The molecule has 1 heterocycles. The molecule has 0 spiro atoms. The third-order valence-corrected chi connectivity index (χ3v) is 2.18. The molecule has 0 aliphatic carbocycles. The van der Waals surface area contributed by atoms with Crippen LogP contribution < -0.4 is 5.69 Å². The van der Waals surface area contributed by atoms with Gasteiger partial charge >= 0.3 is 5.69 Å². The molecule has 0 aliphatic rings. The molecule has 0 fully saturated rings. The van der Waals surface area contributed by atoms with Crippen LogP contribution in [0.1, 0.15) is 26.3 Å². The average Bonchev–Trinajstić information content (AvgIpc) is 2.28. The molecule has 0 aliphatic heterocycles. The van der Waals surface area contributed by atoms with Crippen molar-refractivity contribution in [1.82, 2.24) is 9.55 Å². The van der Waals surface area contributed by atoms with Gasteiger partial charge in [-0.2, -0.15) is 0 Å². The van der Waals surface area contributed by atoms with Crippen LogP contribution in [0, 0.1) is 0 Å². The lowest BCUT2D eigenvalue weighted by molar-refractivity contribution is 0.516. The zero-order chi connectivity index (χ0) is 8.43. The summed E-state index contributed by atoms with van der Waals surface area (Å²) in [5.74, 6) is 0. The van der Waals surface area contributed by atoms with Crippen LogP contribution >= 0.6 is 15.9 Å². The molecule has 1 rings (SSSR count). The fourth-order valence-corrected chi connectivity index (χ4v) is 1.29. The zero-order valence-electron chi connectivity index (χ0n) is 6.60. The van der Waals surface area contributed by atoms with Gasteiger partial charge in [-0.25, -0.2) is 4.79 Å². The minimum atomic E-state index is -0.0498. The quantitative estimate of drug-likeness (QED) is 0.810. The second-order valence-corrected chi connectivity index (χ2v) is 3.43. The van der Waals surface area contributed by atoms with Gasteiger partial charge in [-0.15, -0.1) is 0 Å². The van der Waals surface area contributed by atoms with Crippen LogP contribution in [-0.2, 0) is 0 Å². The molecule has 4 heteroatoms. The fraction of sp³-hybridized carbons (Fsp3) is 0.571. The molecule has 1 aromatic rings. The Morgan fingerprint density at radius 3 is 2.82 bits per heavy atom. The van der Waals surface area contributed by atoms with E-state index in [1.807, 2.05) is 6.92 Å². The van der Waals surface area contributed by atoms with Gasteiger partial charge in [-0.05, 0) is 29.3 Å². The minimum Gasteiger partial charge on any atom is -0.300 e. The van der Waals surface area contributed by atoms with Crippen molar-refractivity contribution in [2.45, 2.75) is 26.3 Å². The van der Waals surface area contributed by atoms with Gasteiger partial charge in [0, 0.05) is 12.2 Å². The normalized spacial score (nSPS) is 13.4. The van der Waals surface area contributed by atoms with E-state index in [4.69, 9.17) is 0 Å². The third-order valence-electron chi connectivity index (χ3n) is 1.78. The molecule has 0 aromatic carbocycles. The highest BCUT2D eigenvalue weighted by Gasteiger charge is 2.05. The summed E-state index contributed by atoms with van der Waals surface area (Å²) in [6.45, 7) is 4.07. The summed E-state index contributed by atoms with van der Waals surface area (Å²) < 4.78 is 2.42. The van der Waals surface area contributed by atoms with Crippen LogP contribution in [0.2, 0.25) is 0 Å². The monoisotopic (exact) mass is 218 g/mol. The average molecular weight is 219 g/mol. The number of hydrogen-bond acceptors (Lipinski definition) is 1. The molecule has 0 radical (unpaired) electrons. The maximum absolute atomic E-state index is 11.1. The molecule has 11 heavy (non-hydrogen) atoms. The first-order valence-electron chi connectivity index (χ1n) is 3.61. The summed E-state index contributed by atoms with van der Waals surface area (Å²) in [5.41, 5.74) is -0.0498. The number of halogens is 1. The Balaban J connectivity index is 3.03. The van der Waals surface area contributed by atoms with Crippen molar-refractivity contribution in [2.24, 2.45) is 0 Å². The van der Waals surface area contributed by atoms with Gasteiger partial charge in [0.2, 0.25) is 0 Å². The lowest BCUT2D eigenvalue weighted by Crippen LogP contribution is -2.19. The van der Waals surface area contributed by atoms with Gasteiger partial charge in [0.25, 0.3) is 0 Å². The summed E-state index contributed by atoms with van der Waals surface area (Å²) >= 11 is 3.20. The highest BCUT2D eigenvalue weighted by Crippen LogP contribution is 2.09. The Bertz CT molecular complexity index is 289. The summed E-state index contributed by atoms with van der Waals surface area (Å²) in [7, 11) is 0. The van der Waals surface area contributed by atoms with Crippen LogP contribution in [0.3, 0.4) is 0 Å². The van der Waals surface area contributed by atoms with Crippen molar-refractivity contribution in [3.63, 3.8) is 0 Å². The second kappa shape index (κ2) is 3.26. The van der Waals surface area contributed by atoms with Crippen LogP contribution in [0.4, 0.5) is 0 Å². The number of aromatic nitrogens is 2. The maximum Gasteiger partial charge on any atom is 0.326 e. The van der Waals surface area contributed by atoms with Crippen LogP contribution in [0.25, 0.3) is 0 Å². The van der Waals surface area contributed by atoms with Crippen molar-refractivity contribution in [1.29, 1.82) is 0 Å². The predicted molar refractivity (Wildman–Crippen MR) is 47.8 cm³/mol. The highest BCUT2D eigenvalue weighted by molar-refractivity contribution is 9.10. The number of hydrogen-bond donors (Lipinski definition) is 1. The number of nitrogens with zero attached hydrogens (tertiary/aromatic N) is 1. The number of aromatic amines is 1. The first kappa shape index (κ1) is 8.59. The molecule has 62 valence electrons. The van der Waals surface area contributed by atoms with Gasteiger partial charge in [-0.3, -0.25) is 4.57 Å². The Labute approximate surface area is 73.6 Å². The number of nitrogens with one attached hydrogen (secondary N) is 1. The lowest BCUT2D eigenvalue weighted by Gasteiger charge is -2.06. The Kier molecular flexibility index (Phi) is 2.54. The number of H-pyrrole nitrogens is 1. The van der Waals surface area contributed by atoms with Crippen LogP contribution in [0.5, 0.6) is 0 Å². The van der Waals surface area contributed by atoms with E-state index in [0.29, 0.717) is 0 Å². The molecular weight excluding hydrogens is 208 g/mol. The molecular formula is C7H11BrN2O.